The van der Waals surface area contributed by atoms with Crippen LogP contribution < -0.4 is 0 Å². The Morgan fingerprint density at radius 2 is 2.39 bits per heavy atom. The molecule has 7 heteroatoms. The molecule has 0 fully saturated rings. The Bertz CT molecular complexity index is 564. The van der Waals surface area contributed by atoms with Crippen molar-refractivity contribution in [1.29, 1.82) is 0 Å². The highest BCUT2D eigenvalue weighted by Crippen LogP contribution is 2.21. The third kappa shape index (κ3) is 2.62. The molecule has 5 nitrogen and oxygen atoms in total. The Kier molecular flexibility index (Phi) is 4.13. The predicted octanol–water partition coefficient (Wildman–Crippen LogP) is 2.50. The van der Waals surface area contributed by atoms with E-state index in [1.807, 2.05) is 18.4 Å². The number of thiophene rings is 1. The number of carbonyl (C=O) groups excluding carboxylic acids is 1. The van der Waals surface area contributed by atoms with Gasteiger partial charge < -0.3 is 4.74 Å². The lowest BCUT2D eigenvalue weighted by molar-refractivity contribution is 0.0592. The van der Waals surface area contributed by atoms with E-state index in [1.54, 1.807) is 16.0 Å². The van der Waals surface area contributed by atoms with Crippen LogP contribution in [0.1, 0.15) is 28.7 Å². The number of hydrogen-bond acceptors (Lipinski definition) is 5. The van der Waals surface area contributed by atoms with Gasteiger partial charge in [-0.25, -0.2) is 9.48 Å². The van der Waals surface area contributed by atoms with Crippen molar-refractivity contribution in [3.63, 3.8) is 0 Å². The fourth-order valence-corrected chi connectivity index (χ4v) is 2.87. The van der Waals surface area contributed by atoms with Gasteiger partial charge in [0.1, 0.15) is 0 Å². The minimum absolute atomic E-state index is 0.300. The van der Waals surface area contributed by atoms with E-state index in [-0.39, 0.29) is 0 Å². The zero-order chi connectivity index (χ0) is 13.1. The summed E-state index contributed by atoms with van der Waals surface area (Å²) < 4.78 is 7.50. The number of nitrogens with zero attached hydrogens (tertiary/aromatic N) is 3. The number of aromatic nitrogens is 3. The van der Waals surface area contributed by atoms with Crippen LogP contribution in [0.4, 0.5) is 0 Å². The first-order valence-corrected chi connectivity index (χ1v) is 7.06. The van der Waals surface area contributed by atoms with Gasteiger partial charge in [-0.05, 0) is 39.4 Å². The summed E-state index contributed by atoms with van der Waals surface area (Å²) in [5, 5.41) is 9.95. The van der Waals surface area contributed by atoms with Crippen molar-refractivity contribution in [3.05, 3.63) is 32.2 Å². The van der Waals surface area contributed by atoms with E-state index in [0.29, 0.717) is 18.7 Å². The monoisotopic (exact) mass is 329 g/mol. The molecule has 0 amide bonds. The third-order valence-electron chi connectivity index (χ3n) is 2.51. The average molecular weight is 330 g/mol. The summed E-state index contributed by atoms with van der Waals surface area (Å²) >= 11 is 5.04. The van der Waals surface area contributed by atoms with Crippen molar-refractivity contribution in [3.8, 4) is 0 Å². The molecule has 0 atom stereocenters. The maximum absolute atomic E-state index is 11.5. The van der Waals surface area contributed by atoms with Gasteiger partial charge in [-0.2, -0.15) is 0 Å². The van der Waals surface area contributed by atoms with Crippen molar-refractivity contribution in [2.45, 2.75) is 19.9 Å². The Balaban J connectivity index is 2.28. The molecule has 0 radical (unpaired) electrons. The normalized spacial score (nSPS) is 10.6. The number of rotatable bonds is 4. The van der Waals surface area contributed by atoms with Gasteiger partial charge in [-0.1, -0.05) is 12.1 Å². The smallest absolute Gasteiger partial charge is 0.360 e. The Hall–Kier alpha value is -1.21. The molecule has 0 bridgehead atoms. The van der Waals surface area contributed by atoms with E-state index in [9.17, 15) is 4.79 Å². The summed E-state index contributed by atoms with van der Waals surface area (Å²) in [4.78, 5) is 11.5. The summed E-state index contributed by atoms with van der Waals surface area (Å²) in [7, 11) is 1.34. The summed E-state index contributed by atoms with van der Waals surface area (Å²) in [5.41, 5.74) is 2.22. The summed E-state index contributed by atoms with van der Waals surface area (Å²) in [6, 6.07) is 2.03. The van der Waals surface area contributed by atoms with Crippen LogP contribution in [0.5, 0.6) is 0 Å². The number of ether oxygens (including phenoxy) is 1. The molecule has 0 aliphatic carbocycles. The zero-order valence-corrected chi connectivity index (χ0v) is 12.4. The molecule has 0 aromatic carbocycles. The van der Waals surface area contributed by atoms with Crippen LogP contribution in [0.2, 0.25) is 0 Å². The van der Waals surface area contributed by atoms with E-state index in [1.165, 1.54) is 7.11 Å². The summed E-state index contributed by atoms with van der Waals surface area (Å²) in [6.07, 6.45) is 0.683. The van der Waals surface area contributed by atoms with Gasteiger partial charge >= 0.3 is 5.97 Å². The maximum atomic E-state index is 11.5. The Morgan fingerprint density at radius 1 is 1.61 bits per heavy atom. The predicted molar refractivity (Wildman–Crippen MR) is 71.9 cm³/mol. The third-order valence-corrected chi connectivity index (χ3v) is 4.06. The molecule has 2 aromatic rings. The molecule has 0 saturated heterocycles. The lowest BCUT2D eigenvalue weighted by Crippen LogP contribution is -2.09. The quantitative estimate of drug-likeness (QED) is 0.808. The molecule has 0 aliphatic rings. The van der Waals surface area contributed by atoms with Gasteiger partial charge in [0.2, 0.25) is 0 Å². The van der Waals surface area contributed by atoms with Gasteiger partial charge in [0.05, 0.1) is 23.1 Å². The lowest BCUT2D eigenvalue weighted by Gasteiger charge is -2.03. The fourth-order valence-electron chi connectivity index (χ4n) is 1.67. The van der Waals surface area contributed by atoms with E-state index in [4.69, 9.17) is 0 Å². The lowest BCUT2D eigenvalue weighted by atomic mass is 10.2. The second-order valence-electron chi connectivity index (χ2n) is 3.65. The molecule has 18 heavy (non-hydrogen) atoms. The molecule has 2 aromatic heterocycles. The van der Waals surface area contributed by atoms with E-state index in [2.05, 4.69) is 31.0 Å². The second-order valence-corrected chi connectivity index (χ2v) is 5.94. The molecule has 0 unspecified atom stereocenters. The van der Waals surface area contributed by atoms with Crippen LogP contribution in [-0.4, -0.2) is 28.1 Å². The largest absolute Gasteiger partial charge is 0.464 e. The topological polar surface area (TPSA) is 57.0 Å². The van der Waals surface area contributed by atoms with Crippen LogP contribution >= 0.6 is 27.3 Å². The van der Waals surface area contributed by atoms with Crippen molar-refractivity contribution >= 4 is 33.2 Å². The SMILES string of the molecule is CCc1c(C(=O)OC)nnn1Cc1csc(Br)c1. The number of halogens is 1. The zero-order valence-electron chi connectivity index (χ0n) is 10.0. The molecule has 0 aliphatic heterocycles. The number of esters is 1. The van der Waals surface area contributed by atoms with Crippen molar-refractivity contribution in [2.24, 2.45) is 0 Å². The first kappa shape index (κ1) is 13.2. The first-order valence-electron chi connectivity index (χ1n) is 5.39. The second kappa shape index (κ2) is 5.62. The minimum atomic E-state index is -0.440. The van der Waals surface area contributed by atoms with Crippen molar-refractivity contribution in [2.75, 3.05) is 7.11 Å². The molecule has 2 rings (SSSR count). The molecular weight excluding hydrogens is 318 g/mol. The van der Waals surface area contributed by atoms with Crippen LogP contribution in [0.15, 0.2) is 15.2 Å². The molecule has 0 N–H and O–H groups in total. The summed E-state index contributed by atoms with van der Waals surface area (Å²) in [6.45, 7) is 2.57. The molecule has 0 saturated carbocycles. The van der Waals surface area contributed by atoms with Gasteiger partial charge in [-0.3, -0.25) is 0 Å². The Labute approximate surface area is 117 Å². The number of hydrogen-bond donors (Lipinski definition) is 0. The standard InChI is InChI=1S/C11H12BrN3O2S/c1-3-8-10(11(16)17-2)13-14-15(8)5-7-4-9(12)18-6-7/h4,6H,3,5H2,1-2H3. The molecule has 96 valence electrons. The number of methoxy groups -OCH3 is 1. The minimum Gasteiger partial charge on any atom is -0.464 e. The van der Waals surface area contributed by atoms with Crippen LogP contribution in [0.3, 0.4) is 0 Å². The van der Waals surface area contributed by atoms with Gasteiger partial charge in [0, 0.05) is 0 Å². The molecular formula is C11H12BrN3O2S. The summed E-state index contributed by atoms with van der Waals surface area (Å²) in [5.74, 6) is -0.440. The maximum Gasteiger partial charge on any atom is 0.360 e. The van der Waals surface area contributed by atoms with Gasteiger partial charge in [0.15, 0.2) is 5.69 Å². The van der Waals surface area contributed by atoms with Gasteiger partial charge in [-0.15, -0.1) is 16.4 Å². The van der Waals surface area contributed by atoms with Crippen molar-refractivity contribution in [1.82, 2.24) is 15.0 Å². The van der Waals surface area contributed by atoms with Crippen molar-refractivity contribution < 1.29 is 9.53 Å². The van der Waals surface area contributed by atoms with E-state index < -0.39 is 5.97 Å². The van der Waals surface area contributed by atoms with E-state index >= 15 is 0 Å². The van der Waals surface area contributed by atoms with E-state index in [0.717, 1.165) is 15.0 Å². The average Bonchev–Trinajstić information content (AvgIpc) is 2.95. The Morgan fingerprint density at radius 3 is 2.94 bits per heavy atom. The molecule has 0 spiro atoms. The fraction of sp³-hybridized carbons (Fsp3) is 0.364. The first-order chi connectivity index (χ1) is 8.65. The highest BCUT2D eigenvalue weighted by atomic mass is 79.9. The van der Waals surface area contributed by atoms with Crippen LogP contribution in [-0.2, 0) is 17.7 Å². The molecule has 2 heterocycles. The van der Waals surface area contributed by atoms with Gasteiger partial charge in [0.25, 0.3) is 0 Å². The van der Waals surface area contributed by atoms with Crippen LogP contribution in [0.25, 0.3) is 0 Å². The highest BCUT2D eigenvalue weighted by molar-refractivity contribution is 9.11. The highest BCUT2D eigenvalue weighted by Gasteiger charge is 2.19. The van der Waals surface area contributed by atoms with Crippen LogP contribution in [0, 0.1) is 0 Å². The number of carbonyl (C=O) groups is 1.